The number of nitrogens with zero attached hydrogens (tertiary/aromatic N) is 2. The van der Waals surface area contributed by atoms with Gasteiger partial charge in [-0.25, -0.2) is 12.7 Å². The number of aryl methyl sites for hydroxylation is 2. The van der Waals surface area contributed by atoms with E-state index in [0.29, 0.717) is 12.3 Å². The van der Waals surface area contributed by atoms with Crippen molar-refractivity contribution in [1.82, 2.24) is 4.31 Å². The van der Waals surface area contributed by atoms with E-state index in [1.54, 1.807) is 11.8 Å². The maximum Gasteiger partial charge on any atom is 0.275 e. The van der Waals surface area contributed by atoms with E-state index in [4.69, 9.17) is 4.42 Å². The Kier molecular flexibility index (Phi) is 4.01. The lowest BCUT2D eigenvalue weighted by Crippen LogP contribution is -2.29. The van der Waals surface area contributed by atoms with Gasteiger partial charge in [-0.05, 0) is 37.5 Å². The minimum atomic E-state index is -3.71. The predicted octanol–water partition coefficient (Wildman–Crippen LogP) is 2.35. The molecule has 0 saturated carbocycles. The maximum absolute atomic E-state index is 12.9. The summed E-state index contributed by atoms with van der Waals surface area (Å²) in [6.45, 7) is 4.17. The Hall–Kier alpha value is -2.12. The van der Waals surface area contributed by atoms with E-state index in [9.17, 15) is 13.2 Å². The molecule has 0 spiro atoms. The van der Waals surface area contributed by atoms with Gasteiger partial charge in [0.25, 0.3) is 15.9 Å². The monoisotopic (exact) mass is 348 g/mol. The SMILES string of the molecule is Cc1ccc2c(c1)N(C(=O)c1cc(S(=O)(=O)N(C)C)oc1C)CC2. The van der Waals surface area contributed by atoms with Gasteiger partial charge in [-0.15, -0.1) is 0 Å². The Morgan fingerprint density at radius 2 is 1.92 bits per heavy atom. The molecule has 3 rings (SSSR count). The molecular formula is C17H20N2O4S. The molecule has 0 unspecified atom stereocenters. The summed E-state index contributed by atoms with van der Waals surface area (Å²) in [6, 6.07) is 7.35. The van der Waals surface area contributed by atoms with Crippen LogP contribution in [-0.2, 0) is 16.4 Å². The van der Waals surface area contributed by atoms with Gasteiger partial charge >= 0.3 is 0 Å². The number of anilines is 1. The van der Waals surface area contributed by atoms with Crippen LogP contribution in [0.2, 0.25) is 0 Å². The average molecular weight is 348 g/mol. The van der Waals surface area contributed by atoms with Gasteiger partial charge in [-0.3, -0.25) is 4.79 Å². The highest BCUT2D eigenvalue weighted by Crippen LogP contribution is 2.32. The lowest BCUT2D eigenvalue weighted by atomic mass is 10.1. The number of carbonyl (C=O) groups is 1. The minimum absolute atomic E-state index is 0.211. The number of hydrogen-bond acceptors (Lipinski definition) is 4. The maximum atomic E-state index is 12.9. The summed E-state index contributed by atoms with van der Waals surface area (Å²) >= 11 is 0. The highest BCUT2D eigenvalue weighted by molar-refractivity contribution is 7.88. The molecule has 1 aromatic heterocycles. The Morgan fingerprint density at radius 1 is 1.21 bits per heavy atom. The van der Waals surface area contributed by atoms with E-state index in [-0.39, 0.29) is 16.6 Å². The van der Waals surface area contributed by atoms with Crippen molar-refractivity contribution in [3.8, 4) is 0 Å². The van der Waals surface area contributed by atoms with Crippen LogP contribution in [0.3, 0.4) is 0 Å². The zero-order chi connectivity index (χ0) is 17.6. The van der Waals surface area contributed by atoms with Gasteiger partial charge in [0, 0.05) is 32.4 Å². The lowest BCUT2D eigenvalue weighted by molar-refractivity contribution is 0.0988. The minimum Gasteiger partial charge on any atom is -0.448 e. The van der Waals surface area contributed by atoms with Crippen LogP contribution < -0.4 is 4.90 Å². The molecule has 6 nitrogen and oxygen atoms in total. The summed E-state index contributed by atoms with van der Waals surface area (Å²) in [5, 5.41) is -0.211. The molecule has 0 atom stereocenters. The standard InChI is InChI=1S/C17H20N2O4S/c1-11-5-6-13-7-8-19(15(13)9-11)17(20)14-10-16(23-12(14)2)24(21,22)18(3)4/h5-6,9-10H,7-8H2,1-4H3. The van der Waals surface area contributed by atoms with E-state index in [2.05, 4.69) is 0 Å². The molecule has 2 aromatic rings. The second-order valence-corrected chi connectivity index (χ2v) is 8.24. The molecular weight excluding hydrogens is 328 g/mol. The second-order valence-electron chi connectivity index (χ2n) is 6.16. The molecule has 0 fully saturated rings. The van der Waals surface area contributed by atoms with Crippen LogP contribution in [0.1, 0.15) is 27.2 Å². The molecule has 1 aliphatic heterocycles. The van der Waals surface area contributed by atoms with Gasteiger partial charge in [0.1, 0.15) is 5.76 Å². The van der Waals surface area contributed by atoms with Gasteiger partial charge in [0.2, 0.25) is 5.09 Å². The summed E-state index contributed by atoms with van der Waals surface area (Å²) in [5.41, 5.74) is 3.37. The first kappa shape index (κ1) is 16.7. The molecule has 0 aliphatic carbocycles. The van der Waals surface area contributed by atoms with Crippen LogP contribution >= 0.6 is 0 Å². The molecule has 0 bridgehead atoms. The normalized spacial score (nSPS) is 14.3. The largest absolute Gasteiger partial charge is 0.448 e. The molecule has 1 aromatic carbocycles. The number of benzene rings is 1. The highest BCUT2D eigenvalue weighted by Gasteiger charge is 2.31. The van der Waals surface area contributed by atoms with Crippen LogP contribution in [0.4, 0.5) is 5.69 Å². The zero-order valence-corrected chi connectivity index (χ0v) is 15.0. The number of amides is 1. The van der Waals surface area contributed by atoms with Crippen molar-refractivity contribution >= 4 is 21.6 Å². The van der Waals surface area contributed by atoms with E-state index >= 15 is 0 Å². The van der Waals surface area contributed by atoms with E-state index in [1.807, 2.05) is 25.1 Å². The van der Waals surface area contributed by atoms with Crippen molar-refractivity contribution in [2.75, 3.05) is 25.5 Å². The third-order valence-electron chi connectivity index (χ3n) is 4.24. The third-order valence-corrected chi connectivity index (χ3v) is 5.91. The Bertz CT molecular complexity index is 913. The fourth-order valence-electron chi connectivity index (χ4n) is 2.82. The van der Waals surface area contributed by atoms with E-state index in [0.717, 1.165) is 27.5 Å². The topological polar surface area (TPSA) is 70.8 Å². The van der Waals surface area contributed by atoms with Gasteiger partial charge in [0.05, 0.1) is 5.56 Å². The Labute approximate surface area is 141 Å². The Morgan fingerprint density at radius 3 is 2.58 bits per heavy atom. The van der Waals surface area contributed by atoms with Crippen LogP contribution in [0.15, 0.2) is 33.8 Å². The van der Waals surface area contributed by atoms with Crippen molar-refractivity contribution in [3.05, 3.63) is 46.7 Å². The Balaban J connectivity index is 1.99. The third kappa shape index (κ3) is 2.63. The van der Waals surface area contributed by atoms with Crippen LogP contribution in [0.5, 0.6) is 0 Å². The van der Waals surface area contributed by atoms with Crippen LogP contribution in [0.25, 0.3) is 0 Å². The lowest BCUT2D eigenvalue weighted by Gasteiger charge is -2.17. The first-order chi connectivity index (χ1) is 11.2. The molecule has 7 heteroatoms. The number of fused-ring (bicyclic) bond motifs is 1. The second kappa shape index (κ2) is 5.75. The molecule has 0 N–H and O–H groups in total. The van der Waals surface area contributed by atoms with Crippen molar-refractivity contribution in [2.24, 2.45) is 0 Å². The van der Waals surface area contributed by atoms with Gasteiger partial charge in [-0.1, -0.05) is 12.1 Å². The molecule has 0 saturated heterocycles. The predicted molar refractivity (Wildman–Crippen MR) is 90.9 cm³/mol. The van der Waals surface area contributed by atoms with Crippen LogP contribution in [0, 0.1) is 13.8 Å². The molecule has 24 heavy (non-hydrogen) atoms. The average Bonchev–Trinajstić information content (AvgIpc) is 3.10. The molecule has 128 valence electrons. The fraction of sp³-hybridized carbons (Fsp3) is 0.353. The summed E-state index contributed by atoms with van der Waals surface area (Å²) in [7, 11) is -0.857. The van der Waals surface area contributed by atoms with Crippen molar-refractivity contribution in [2.45, 2.75) is 25.4 Å². The van der Waals surface area contributed by atoms with Crippen molar-refractivity contribution in [1.29, 1.82) is 0 Å². The summed E-state index contributed by atoms with van der Waals surface area (Å²) in [6.07, 6.45) is 0.793. The van der Waals surface area contributed by atoms with Crippen LogP contribution in [-0.4, -0.2) is 39.3 Å². The smallest absolute Gasteiger partial charge is 0.275 e. The summed E-state index contributed by atoms with van der Waals surface area (Å²) in [5.74, 6) is 0.0716. The zero-order valence-electron chi connectivity index (χ0n) is 14.2. The number of rotatable bonds is 3. The first-order valence-corrected chi connectivity index (χ1v) is 9.10. The van der Waals surface area contributed by atoms with Gasteiger partial charge in [-0.2, -0.15) is 0 Å². The first-order valence-electron chi connectivity index (χ1n) is 7.66. The molecule has 1 amide bonds. The number of hydrogen-bond donors (Lipinski definition) is 0. The van der Waals surface area contributed by atoms with Crippen molar-refractivity contribution < 1.29 is 17.6 Å². The fourth-order valence-corrected chi connectivity index (χ4v) is 3.68. The number of carbonyl (C=O) groups excluding carboxylic acids is 1. The molecule has 2 heterocycles. The summed E-state index contributed by atoms with van der Waals surface area (Å²) in [4.78, 5) is 14.6. The number of sulfonamides is 1. The quantitative estimate of drug-likeness (QED) is 0.854. The van der Waals surface area contributed by atoms with Gasteiger partial charge in [0.15, 0.2) is 0 Å². The van der Waals surface area contributed by atoms with E-state index < -0.39 is 10.0 Å². The molecule has 1 aliphatic rings. The summed E-state index contributed by atoms with van der Waals surface area (Å²) < 4.78 is 30.8. The van der Waals surface area contributed by atoms with Crippen molar-refractivity contribution in [3.63, 3.8) is 0 Å². The number of furan rings is 1. The van der Waals surface area contributed by atoms with E-state index in [1.165, 1.54) is 20.2 Å². The highest BCUT2D eigenvalue weighted by atomic mass is 32.2. The molecule has 0 radical (unpaired) electrons. The van der Waals surface area contributed by atoms with Gasteiger partial charge < -0.3 is 9.32 Å².